The summed E-state index contributed by atoms with van der Waals surface area (Å²) in [6, 6.07) is 8.95. The lowest BCUT2D eigenvalue weighted by atomic mass is 10.0. The lowest BCUT2D eigenvalue weighted by Crippen LogP contribution is -2.18. The van der Waals surface area contributed by atoms with Crippen LogP contribution in [0.3, 0.4) is 0 Å². The van der Waals surface area contributed by atoms with Gasteiger partial charge < -0.3 is 0 Å². The Kier molecular flexibility index (Phi) is 3.99. The third-order valence-corrected chi connectivity index (χ3v) is 5.27. The maximum atomic E-state index is 6.23. The Morgan fingerprint density at radius 3 is 2.63 bits per heavy atom. The largest absolute Gasteiger partial charge is 0.272 e. The summed E-state index contributed by atoms with van der Waals surface area (Å²) in [5.74, 6) is 1.88. The highest BCUT2D eigenvalue weighted by Gasteiger charge is 2.24. The van der Waals surface area contributed by atoms with Crippen molar-refractivity contribution in [2.75, 3.05) is 5.75 Å². The van der Waals surface area contributed by atoms with Crippen molar-refractivity contribution in [1.29, 1.82) is 0 Å². The van der Waals surface area contributed by atoms with Crippen LogP contribution in [0.1, 0.15) is 36.8 Å². The van der Waals surface area contributed by atoms with Crippen LogP contribution >= 0.6 is 23.4 Å². The second-order valence-corrected chi connectivity index (χ2v) is 6.99. The van der Waals surface area contributed by atoms with E-state index in [1.807, 2.05) is 18.0 Å². The van der Waals surface area contributed by atoms with E-state index in [0.717, 1.165) is 11.7 Å². The Labute approximate surface area is 124 Å². The third-order valence-electron chi connectivity index (χ3n) is 3.62. The van der Waals surface area contributed by atoms with Gasteiger partial charge in [-0.25, -0.2) is 0 Å². The van der Waals surface area contributed by atoms with Gasteiger partial charge in [0.1, 0.15) is 5.50 Å². The molecule has 1 heterocycles. The van der Waals surface area contributed by atoms with Crippen molar-refractivity contribution in [1.82, 2.24) is 0 Å². The van der Waals surface area contributed by atoms with Crippen LogP contribution < -0.4 is 0 Å². The summed E-state index contributed by atoms with van der Waals surface area (Å²) in [4.78, 5) is 4.41. The molecule has 19 heavy (non-hydrogen) atoms. The highest BCUT2D eigenvalue weighted by Crippen LogP contribution is 2.40. The topological polar surface area (TPSA) is 12.4 Å². The Bertz CT molecular complexity index is 502. The average Bonchev–Trinajstić information content (AvgIpc) is 3.26. The molecule has 0 N–H and O–H groups in total. The number of nitrogens with zero attached hydrogens (tertiary/aromatic N) is 1. The van der Waals surface area contributed by atoms with Crippen molar-refractivity contribution in [3.05, 3.63) is 41.5 Å². The summed E-state index contributed by atoms with van der Waals surface area (Å²) >= 11 is 8.08. The number of allylic oxidation sites excluding steroid dienone is 1. The van der Waals surface area contributed by atoms with E-state index in [0.29, 0.717) is 0 Å². The van der Waals surface area contributed by atoms with Crippen molar-refractivity contribution in [3.8, 4) is 0 Å². The first kappa shape index (κ1) is 13.3. The fraction of sp³-hybridized carbons (Fsp3) is 0.438. The second-order valence-electron chi connectivity index (χ2n) is 5.09. The van der Waals surface area contributed by atoms with Gasteiger partial charge in [-0.2, -0.15) is 11.8 Å². The summed E-state index contributed by atoms with van der Waals surface area (Å²) in [7, 11) is 0. The minimum absolute atomic E-state index is 0.126. The highest BCUT2D eigenvalue weighted by molar-refractivity contribution is 8.00. The number of benzene rings is 1. The highest BCUT2D eigenvalue weighted by atomic mass is 35.5. The van der Waals surface area contributed by atoms with Crippen LogP contribution in [-0.4, -0.2) is 22.7 Å². The van der Waals surface area contributed by atoms with Crippen LogP contribution in [0.25, 0.3) is 5.57 Å². The number of aliphatic imine (C=N–C) groups is 1. The van der Waals surface area contributed by atoms with Crippen LogP contribution in [0.15, 0.2) is 35.3 Å². The van der Waals surface area contributed by atoms with E-state index in [2.05, 4.69) is 42.3 Å². The number of dihydropyridines is 1. The predicted octanol–water partition coefficient (Wildman–Crippen LogP) is 4.72. The quantitative estimate of drug-likeness (QED) is 0.578. The second kappa shape index (κ2) is 5.72. The van der Waals surface area contributed by atoms with E-state index in [-0.39, 0.29) is 10.8 Å². The van der Waals surface area contributed by atoms with Gasteiger partial charge in [0.05, 0.1) is 5.25 Å². The predicted molar refractivity (Wildman–Crippen MR) is 86.4 cm³/mol. The first-order chi connectivity index (χ1) is 9.28. The minimum Gasteiger partial charge on any atom is -0.272 e. The van der Waals surface area contributed by atoms with Gasteiger partial charge in [0.2, 0.25) is 0 Å². The molecule has 1 fully saturated rings. The van der Waals surface area contributed by atoms with Gasteiger partial charge in [-0.05, 0) is 41.2 Å². The van der Waals surface area contributed by atoms with Crippen LogP contribution in [0, 0.1) is 0 Å². The molecule has 0 spiro atoms. The summed E-state index contributed by atoms with van der Waals surface area (Å²) in [5, 5.41) is 0.287. The monoisotopic (exact) mass is 291 g/mol. The molecule has 2 atom stereocenters. The normalized spacial score (nSPS) is 26.3. The molecule has 0 aromatic heterocycles. The van der Waals surface area contributed by atoms with Gasteiger partial charge in [0, 0.05) is 6.21 Å². The SMILES string of the molecule is CCSC1C=C(c2ccc(C3CC3)cc2)C=NC1Cl. The molecular formula is C16H18ClNS. The summed E-state index contributed by atoms with van der Waals surface area (Å²) in [6.07, 6.45) is 6.88. The van der Waals surface area contributed by atoms with Crippen molar-refractivity contribution in [2.24, 2.45) is 4.99 Å². The number of rotatable bonds is 4. The van der Waals surface area contributed by atoms with E-state index in [1.54, 1.807) is 0 Å². The molecule has 1 aromatic rings. The molecule has 0 saturated heterocycles. The first-order valence-corrected chi connectivity index (χ1v) is 8.37. The van der Waals surface area contributed by atoms with Crippen molar-refractivity contribution >= 4 is 35.2 Å². The molecule has 0 radical (unpaired) electrons. The molecule has 100 valence electrons. The van der Waals surface area contributed by atoms with E-state index in [4.69, 9.17) is 11.6 Å². The zero-order chi connectivity index (χ0) is 13.2. The van der Waals surface area contributed by atoms with E-state index in [1.165, 1.54) is 29.5 Å². The number of thioether (sulfide) groups is 1. The van der Waals surface area contributed by atoms with Gasteiger partial charge in [-0.15, -0.1) is 0 Å². The number of hydrogen-bond acceptors (Lipinski definition) is 2. The fourth-order valence-electron chi connectivity index (χ4n) is 2.39. The molecular weight excluding hydrogens is 274 g/mol. The zero-order valence-corrected chi connectivity index (χ0v) is 12.6. The Balaban J connectivity index is 1.80. The first-order valence-electron chi connectivity index (χ1n) is 6.89. The van der Waals surface area contributed by atoms with E-state index < -0.39 is 0 Å². The lowest BCUT2D eigenvalue weighted by molar-refractivity contribution is 0.937. The minimum atomic E-state index is -0.126. The Morgan fingerprint density at radius 2 is 2.00 bits per heavy atom. The fourth-order valence-corrected chi connectivity index (χ4v) is 3.59. The Hall–Kier alpha value is -0.730. The van der Waals surface area contributed by atoms with Gasteiger partial charge in [-0.1, -0.05) is 48.9 Å². The molecule has 0 bridgehead atoms. The lowest BCUT2D eigenvalue weighted by Gasteiger charge is -2.20. The Morgan fingerprint density at radius 1 is 1.26 bits per heavy atom. The van der Waals surface area contributed by atoms with Crippen molar-refractivity contribution in [3.63, 3.8) is 0 Å². The van der Waals surface area contributed by atoms with Gasteiger partial charge in [-0.3, -0.25) is 4.99 Å². The summed E-state index contributed by atoms with van der Waals surface area (Å²) < 4.78 is 0. The van der Waals surface area contributed by atoms with Gasteiger partial charge in [0.25, 0.3) is 0 Å². The van der Waals surface area contributed by atoms with E-state index in [9.17, 15) is 0 Å². The molecule has 1 nitrogen and oxygen atoms in total. The van der Waals surface area contributed by atoms with Crippen LogP contribution in [-0.2, 0) is 0 Å². The standard InChI is InChI=1S/C16H18ClNS/c1-2-19-15-9-14(10-18-16(15)17)13-7-5-12(6-8-13)11-3-4-11/h5-11,15-16H,2-4H2,1H3. The summed E-state index contributed by atoms with van der Waals surface area (Å²) in [5.41, 5.74) is 3.80. The number of alkyl halides is 1. The molecule has 2 aliphatic rings. The summed E-state index contributed by atoms with van der Waals surface area (Å²) in [6.45, 7) is 2.16. The maximum Gasteiger partial charge on any atom is 0.139 e. The molecule has 1 aliphatic carbocycles. The van der Waals surface area contributed by atoms with Crippen molar-refractivity contribution < 1.29 is 0 Å². The molecule has 3 heteroatoms. The maximum absolute atomic E-state index is 6.23. The molecule has 1 aliphatic heterocycles. The third kappa shape index (κ3) is 3.06. The number of halogens is 1. The van der Waals surface area contributed by atoms with Gasteiger partial charge in [0.15, 0.2) is 0 Å². The number of hydrogen-bond donors (Lipinski definition) is 0. The van der Waals surface area contributed by atoms with Gasteiger partial charge >= 0.3 is 0 Å². The smallest absolute Gasteiger partial charge is 0.139 e. The molecule has 0 amide bonds. The van der Waals surface area contributed by atoms with E-state index >= 15 is 0 Å². The van der Waals surface area contributed by atoms with Crippen LogP contribution in [0.5, 0.6) is 0 Å². The van der Waals surface area contributed by atoms with Crippen LogP contribution in [0.4, 0.5) is 0 Å². The molecule has 2 unspecified atom stereocenters. The van der Waals surface area contributed by atoms with Crippen LogP contribution in [0.2, 0.25) is 0 Å². The average molecular weight is 292 g/mol. The zero-order valence-electron chi connectivity index (χ0n) is 11.1. The molecule has 1 saturated carbocycles. The molecule has 1 aromatic carbocycles. The van der Waals surface area contributed by atoms with Crippen molar-refractivity contribution in [2.45, 2.75) is 36.4 Å². The molecule has 3 rings (SSSR count).